The van der Waals surface area contributed by atoms with Crippen molar-refractivity contribution in [2.45, 2.75) is 19.4 Å². The number of halogens is 1. The molecule has 0 aliphatic carbocycles. The highest BCUT2D eigenvalue weighted by Crippen LogP contribution is 2.21. The molecule has 106 valence electrons. The zero-order valence-electron chi connectivity index (χ0n) is 11.0. The van der Waals surface area contributed by atoms with Crippen molar-refractivity contribution in [3.8, 4) is 0 Å². The van der Waals surface area contributed by atoms with Crippen molar-refractivity contribution < 1.29 is 14.3 Å². The Morgan fingerprint density at radius 1 is 1.55 bits per heavy atom. The first-order valence-electron chi connectivity index (χ1n) is 6.00. The molecule has 2 aromatic rings. The predicted molar refractivity (Wildman–Crippen MR) is 68.6 cm³/mol. The van der Waals surface area contributed by atoms with Gasteiger partial charge in [0.1, 0.15) is 6.33 Å². The van der Waals surface area contributed by atoms with E-state index < -0.39 is 17.8 Å². The molecule has 0 spiro atoms. The lowest BCUT2D eigenvalue weighted by molar-refractivity contribution is -0.138. The van der Waals surface area contributed by atoms with Gasteiger partial charge in [0.25, 0.3) is 0 Å². The van der Waals surface area contributed by atoms with Crippen LogP contribution in [0.3, 0.4) is 0 Å². The molecule has 0 saturated carbocycles. The molecule has 1 unspecified atom stereocenters. The first-order chi connectivity index (χ1) is 9.52. The maximum Gasteiger partial charge on any atom is 0.330 e. The van der Waals surface area contributed by atoms with Gasteiger partial charge in [-0.15, -0.1) is 0 Å². The zero-order valence-corrected chi connectivity index (χ0v) is 11.0. The highest BCUT2D eigenvalue weighted by molar-refractivity contribution is 5.78. The second-order valence-corrected chi connectivity index (χ2v) is 4.20. The van der Waals surface area contributed by atoms with Crippen LogP contribution in [-0.4, -0.2) is 30.8 Å². The smallest absolute Gasteiger partial charge is 0.330 e. The third kappa shape index (κ3) is 2.73. The minimum Gasteiger partial charge on any atom is -0.479 e. The third-order valence-corrected chi connectivity index (χ3v) is 2.78. The fourth-order valence-electron chi connectivity index (χ4n) is 1.77. The van der Waals surface area contributed by atoms with E-state index in [2.05, 4.69) is 20.4 Å². The van der Waals surface area contributed by atoms with Crippen molar-refractivity contribution in [3.63, 3.8) is 0 Å². The summed E-state index contributed by atoms with van der Waals surface area (Å²) in [5, 5.41) is 15.7. The number of anilines is 1. The first-order valence-corrected chi connectivity index (χ1v) is 6.00. The number of hydrogen-bond acceptors (Lipinski definition) is 5. The van der Waals surface area contributed by atoms with Gasteiger partial charge < -0.3 is 10.4 Å². The van der Waals surface area contributed by atoms with Crippen LogP contribution in [0.15, 0.2) is 18.7 Å². The average molecular weight is 279 g/mol. The molecule has 0 radical (unpaired) electrons. The van der Waals surface area contributed by atoms with Crippen LogP contribution in [0.4, 0.5) is 10.2 Å². The molecule has 0 amide bonds. The van der Waals surface area contributed by atoms with E-state index in [1.54, 1.807) is 20.2 Å². The Labute approximate surface area is 114 Å². The van der Waals surface area contributed by atoms with Crippen LogP contribution >= 0.6 is 0 Å². The van der Waals surface area contributed by atoms with Crippen LogP contribution in [0.2, 0.25) is 0 Å². The summed E-state index contributed by atoms with van der Waals surface area (Å²) in [5.41, 5.74) is 0.647. The number of aliphatic carboxylic acids is 1. The topological polar surface area (TPSA) is 92.9 Å². The molecule has 0 aromatic carbocycles. The van der Waals surface area contributed by atoms with Gasteiger partial charge in [-0.05, 0) is 6.42 Å². The Morgan fingerprint density at radius 3 is 2.85 bits per heavy atom. The number of aryl methyl sites for hydroxylation is 2. The fourth-order valence-corrected chi connectivity index (χ4v) is 1.77. The van der Waals surface area contributed by atoms with Gasteiger partial charge in [-0.25, -0.2) is 19.2 Å². The third-order valence-electron chi connectivity index (χ3n) is 2.78. The second-order valence-electron chi connectivity index (χ2n) is 4.20. The summed E-state index contributed by atoms with van der Waals surface area (Å²) < 4.78 is 15.5. The molecule has 2 aromatic heterocycles. The number of carboxylic acid groups (broad SMARTS) is 1. The van der Waals surface area contributed by atoms with Gasteiger partial charge in [0.2, 0.25) is 0 Å². The van der Waals surface area contributed by atoms with E-state index in [9.17, 15) is 14.3 Å². The summed E-state index contributed by atoms with van der Waals surface area (Å²) in [6.45, 7) is 1.75. The van der Waals surface area contributed by atoms with E-state index >= 15 is 0 Å². The van der Waals surface area contributed by atoms with Crippen molar-refractivity contribution in [2.24, 2.45) is 7.05 Å². The number of hydrogen-bond donors (Lipinski definition) is 2. The number of carbonyl (C=O) groups is 1. The van der Waals surface area contributed by atoms with Gasteiger partial charge in [0, 0.05) is 18.8 Å². The highest BCUT2D eigenvalue weighted by atomic mass is 19.1. The lowest BCUT2D eigenvalue weighted by Crippen LogP contribution is -2.22. The Balaban J connectivity index is 2.32. The van der Waals surface area contributed by atoms with Gasteiger partial charge in [0.15, 0.2) is 17.7 Å². The number of nitrogens with one attached hydrogen (secondary N) is 1. The van der Waals surface area contributed by atoms with E-state index in [0.29, 0.717) is 12.0 Å². The summed E-state index contributed by atoms with van der Waals surface area (Å²) in [7, 11) is 1.67. The van der Waals surface area contributed by atoms with Crippen LogP contribution < -0.4 is 5.32 Å². The maximum atomic E-state index is 14.0. The maximum absolute atomic E-state index is 14.0. The minimum absolute atomic E-state index is 0.131. The van der Waals surface area contributed by atoms with Gasteiger partial charge >= 0.3 is 5.97 Å². The number of nitrogens with zero attached hydrogens (tertiary/aromatic N) is 4. The molecule has 0 aliphatic heterocycles. The second kappa shape index (κ2) is 5.64. The van der Waals surface area contributed by atoms with E-state index in [1.165, 1.54) is 17.2 Å². The number of aromatic nitrogens is 4. The number of rotatable bonds is 5. The monoisotopic (exact) mass is 279 g/mol. The largest absolute Gasteiger partial charge is 0.479 e. The molecule has 2 rings (SSSR count). The fraction of sp³-hybridized carbons (Fsp3) is 0.333. The van der Waals surface area contributed by atoms with Crippen LogP contribution in [-0.2, 0) is 18.3 Å². The van der Waals surface area contributed by atoms with Gasteiger partial charge in [0.05, 0.1) is 11.9 Å². The first kappa shape index (κ1) is 13.9. The van der Waals surface area contributed by atoms with Crippen LogP contribution in [0.25, 0.3) is 0 Å². The molecule has 0 saturated heterocycles. The quantitative estimate of drug-likeness (QED) is 0.852. The summed E-state index contributed by atoms with van der Waals surface area (Å²) in [5.74, 6) is -1.91. The summed E-state index contributed by atoms with van der Waals surface area (Å²) in [4.78, 5) is 18.9. The zero-order chi connectivity index (χ0) is 14.7. The molecule has 1 atom stereocenters. The Bertz CT molecular complexity index is 628. The molecule has 2 heterocycles. The minimum atomic E-state index is -1.14. The van der Waals surface area contributed by atoms with Crippen molar-refractivity contribution >= 4 is 11.8 Å². The van der Waals surface area contributed by atoms with Crippen LogP contribution in [0.5, 0.6) is 0 Å². The molecule has 0 aliphatic rings. The van der Waals surface area contributed by atoms with E-state index in [-0.39, 0.29) is 11.5 Å². The number of carboxylic acids is 1. The normalized spacial score (nSPS) is 12.2. The highest BCUT2D eigenvalue weighted by Gasteiger charge is 2.23. The lowest BCUT2D eigenvalue weighted by Gasteiger charge is -2.14. The molecule has 8 heteroatoms. The molecule has 2 N–H and O–H groups in total. The molecule has 20 heavy (non-hydrogen) atoms. The Hall–Kier alpha value is -2.51. The average Bonchev–Trinajstić information content (AvgIpc) is 2.83. The summed E-state index contributed by atoms with van der Waals surface area (Å²) in [6.07, 6.45) is 4.55. The van der Waals surface area contributed by atoms with Gasteiger partial charge in [-0.3, -0.25) is 4.68 Å². The lowest BCUT2D eigenvalue weighted by atomic mass is 10.1. The predicted octanol–water partition coefficient (Wildman–Crippen LogP) is 1.15. The van der Waals surface area contributed by atoms with E-state index in [4.69, 9.17) is 0 Å². The van der Waals surface area contributed by atoms with Gasteiger partial charge in [-0.1, -0.05) is 6.92 Å². The summed E-state index contributed by atoms with van der Waals surface area (Å²) >= 11 is 0. The molecular formula is C12H14FN5O2. The van der Waals surface area contributed by atoms with Crippen molar-refractivity contribution in [3.05, 3.63) is 35.8 Å². The van der Waals surface area contributed by atoms with Crippen LogP contribution in [0, 0.1) is 5.82 Å². The van der Waals surface area contributed by atoms with Gasteiger partial charge in [-0.2, -0.15) is 5.10 Å². The molecular weight excluding hydrogens is 265 g/mol. The van der Waals surface area contributed by atoms with E-state index in [0.717, 1.165) is 0 Å². The van der Waals surface area contributed by atoms with E-state index in [1.807, 2.05) is 0 Å². The molecule has 0 fully saturated rings. The Morgan fingerprint density at radius 2 is 2.30 bits per heavy atom. The van der Waals surface area contributed by atoms with Crippen molar-refractivity contribution in [1.82, 2.24) is 19.7 Å². The van der Waals surface area contributed by atoms with Crippen molar-refractivity contribution in [1.29, 1.82) is 0 Å². The SMILES string of the molecule is CCc1ncnc(NC(C(=O)O)c2cnn(C)c2)c1F. The van der Waals surface area contributed by atoms with Crippen LogP contribution in [0.1, 0.15) is 24.2 Å². The molecule has 7 nitrogen and oxygen atoms in total. The summed E-state index contributed by atoms with van der Waals surface area (Å²) in [6, 6.07) is -1.13. The Kier molecular flexibility index (Phi) is 3.92. The molecule has 0 bridgehead atoms. The standard InChI is InChI=1S/C12H14FN5O2/c1-3-8-9(13)11(15-6-14-8)17-10(12(19)20)7-4-16-18(2)5-7/h4-6,10H,3H2,1-2H3,(H,19,20)(H,14,15,17). The van der Waals surface area contributed by atoms with Crippen molar-refractivity contribution in [2.75, 3.05) is 5.32 Å².